The van der Waals surface area contributed by atoms with Gasteiger partial charge in [0, 0.05) is 23.7 Å². The molecule has 1 aromatic heterocycles. The summed E-state index contributed by atoms with van der Waals surface area (Å²) in [6.45, 7) is 12.9. The van der Waals surface area contributed by atoms with Crippen LogP contribution in [-0.2, 0) is 16.1 Å². The molecule has 2 heterocycles. The fourth-order valence-corrected chi connectivity index (χ4v) is 3.89. The molecule has 0 bridgehead atoms. The molecule has 2 atom stereocenters. The molecule has 1 amide bonds. The number of amides is 1. The molecule has 2 N–H and O–H groups in total. The van der Waals surface area contributed by atoms with Crippen molar-refractivity contribution in [1.82, 2.24) is 9.88 Å². The van der Waals surface area contributed by atoms with Crippen molar-refractivity contribution in [3.8, 4) is 5.88 Å². The Balaban J connectivity index is 1.84. The summed E-state index contributed by atoms with van der Waals surface area (Å²) in [5.41, 5.74) is 0.171. The molecule has 0 spiro atoms. The third-order valence-corrected chi connectivity index (χ3v) is 5.44. The highest BCUT2D eigenvalue weighted by molar-refractivity contribution is 7.89. The van der Waals surface area contributed by atoms with Gasteiger partial charge in [-0.15, -0.1) is 5.14 Å². The van der Waals surface area contributed by atoms with E-state index in [1.54, 1.807) is 12.1 Å². The largest absolute Gasteiger partial charge is 0.592 e. The first-order valence-electron chi connectivity index (χ1n) is 9.66. The van der Waals surface area contributed by atoms with Gasteiger partial charge in [0.2, 0.25) is 5.88 Å². The minimum absolute atomic E-state index is 0.217. The first-order valence-corrected chi connectivity index (χ1v) is 10.9. The SMILES string of the molecule is Cc1ccc([S+](N)[O-])nc1OCCCC1CN(C(=O)OC(C)(C)C)C(C)(C)C1. The van der Waals surface area contributed by atoms with E-state index < -0.39 is 17.0 Å². The third kappa shape index (κ3) is 6.25. The Hall–Kier alpha value is -1.51. The second-order valence-electron chi connectivity index (χ2n) is 9.03. The number of nitrogens with two attached hydrogens (primary N) is 1. The molecule has 2 unspecified atom stereocenters. The van der Waals surface area contributed by atoms with Gasteiger partial charge >= 0.3 is 6.09 Å². The van der Waals surface area contributed by atoms with Crippen LogP contribution in [0.2, 0.25) is 0 Å². The number of carbonyl (C=O) groups excluding carboxylic acids is 1. The van der Waals surface area contributed by atoms with Gasteiger partial charge in [-0.25, -0.2) is 4.79 Å². The van der Waals surface area contributed by atoms with Gasteiger partial charge in [0.05, 0.1) is 18.0 Å². The van der Waals surface area contributed by atoms with Crippen LogP contribution in [0, 0.1) is 12.8 Å². The monoisotopic (exact) mass is 411 g/mol. The molecule has 0 radical (unpaired) electrons. The molecular formula is C20H33N3O4S. The number of rotatable bonds is 6. The van der Waals surface area contributed by atoms with Crippen LogP contribution in [0.1, 0.15) is 59.4 Å². The van der Waals surface area contributed by atoms with E-state index >= 15 is 0 Å². The molecule has 0 aliphatic carbocycles. The van der Waals surface area contributed by atoms with Gasteiger partial charge in [-0.05, 0) is 72.8 Å². The zero-order valence-electron chi connectivity index (χ0n) is 17.8. The standard InChI is InChI=1S/C20H33N3O4S/c1-14-9-10-16(28(21)25)22-17(14)26-11-7-8-15-12-20(5,6)23(13-15)18(24)27-19(2,3)4/h9-10,15H,7-8,11-13,21H2,1-6H3. The average Bonchev–Trinajstić information content (AvgIpc) is 2.86. The van der Waals surface area contributed by atoms with Crippen molar-refractivity contribution in [1.29, 1.82) is 0 Å². The van der Waals surface area contributed by atoms with E-state index in [1.807, 2.05) is 32.6 Å². The van der Waals surface area contributed by atoms with Gasteiger partial charge in [0.1, 0.15) is 5.60 Å². The number of nitrogens with zero attached hydrogens (tertiary/aromatic N) is 2. The first-order chi connectivity index (χ1) is 12.9. The predicted molar refractivity (Wildman–Crippen MR) is 109 cm³/mol. The Morgan fingerprint density at radius 2 is 2.11 bits per heavy atom. The number of aromatic nitrogens is 1. The lowest BCUT2D eigenvalue weighted by Gasteiger charge is -2.33. The van der Waals surface area contributed by atoms with Crippen LogP contribution in [0.5, 0.6) is 5.88 Å². The van der Waals surface area contributed by atoms with Crippen molar-refractivity contribution in [2.45, 2.75) is 77.0 Å². The van der Waals surface area contributed by atoms with Gasteiger partial charge in [-0.2, -0.15) is 4.98 Å². The topological polar surface area (TPSA) is 101 Å². The molecule has 0 saturated carbocycles. The number of likely N-dealkylation sites (tertiary alicyclic amines) is 1. The second-order valence-corrected chi connectivity index (χ2v) is 10.0. The summed E-state index contributed by atoms with van der Waals surface area (Å²) in [7, 11) is 0. The maximum absolute atomic E-state index is 12.5. The quantitative estimate of drug-likeness (QED) is 0.567. The van der Waals surface area contributed by atoms with Crippen LogP contribution in [0.15, 0.2) is 17.2 Å². The van der Waals surface area contributed by atoms with Crippen LogP contribution in [0.4, 0.5) is 4.79 Å². The Morgan fingerprint density at radius 1 is 1.43 bits per heavy atom. The fourth-order valence-electron chi connectivity index (χ4n) is 3.51. The lowest BCUT2D eigenvalue weighted by atomic mass is 9.93. The maximum Gasteiger partial charge on any atom is 0.410 e. The smallest absolute Gasteiger partial charge is 0.410 e. The Morgan fingerprint density at radius 3 is 2.71 bits per heavy atom. The minimum atomic E-state index is -1.62. The van der Waals surface area contributed by atoms with Crippen LogP contribution in [0.25, 0.3) is 0 Å². The summed E-state index contributed by atoms with van der Waals surface area (Å²) >= 11 is -1.62. The summed E-state index contributed by atoms with van der Waals surface area (Å²) in [6.07, 6.45) is 2.48. The highest BCUT2D eigenvalue weighted by Crippen LogP contribution is 2.36. The molecule has 0 aromatic carbocycles. The fraction of sp³-hybridized carbons (Fsp3) is 0.700. The first kappa shape index (κ1) is 22.8. The molecule has 1 saturated heterocycles. The summed E-state index contributed by atoms with van der Waals surface area (Å²) in [6, 6.07) is 3.45. The van der Waals surface area contributed by atoms with Gasteiger partial charge in [0.25, 0.3) is 5.03 Å². The lowest BCUT2D eigenvalue weighted by molar-refractivity contribution is 0.0131. The van der Waals surface area contributed by atoms with Crippen LogP contribution < -0.4 is 9.88 Å². The van der Waals surface area contributed by atoms with E-state index in [1.165, 1.54) is 0 Å². The predicted octanol–water partition coefficient (Wildman–Crippen LogP) is 3.57. The molecule has 28 heavy (non-hydrogen) atoms. The molecule has 2 rings (SSSR count). The number of pyridine rings is 1. The number of ether oxygens (including phenoxy) is 2. The van der Waals surface area contributed by atoms with E-state index in [9.17, 15) is 9.35 Å². The summed E-state index contributed by atoms with van der Waals surface area (Å²) in [5.74, 6) is 0.876. The molecule has 1 fully saturated rings. The number of hydrogen-bond donors (Lipinski definition) is 1. The van der Waals surface area contributed by atoms with Crippen molar-refractivity contribution in [2.75, 3.05) is 13.2 Å². The number of hydrogen-bond acceptors (Lipinski definition) is 6. The third-order valence-electron chi connectivity index (χ3n) is 4.80. The zero-order valence-corrected chi connectivity index (χ0v) is 18.6. The van der Waals surface area contributed by atoms with Gasteiger partial charge in [0.15, 0.2) is 0 Å². The van der Waals surface area contributed by atoms with E-state index in [0.717, 1.165) is 24.8 Å². The maximum atomic E-state index is 12.5. The van der Waals surface area contributed by atoms with Crippen LogP contribution in [0.3, 0.4) is 0 Å². The van der Waals surface area contributed by atoms with Crippen molar-refractivity contribution in [3.63, 3.8) is 0 Å². The van der Waals surface area contributed by atoms with E-state index in [0.29, 0.717) is 30.0 Å². The Labute approximate surface area is 171 Å². The summed E-state index contributed by atoms with van der Waals surface area (Å²) in [4.78, 5) is 18.6. The Bertz CT molecular complexity index is 689. The minimum Gasteiger partial charge on any atom is -0.592 e. The molecule has 1 aliphatic rings. The number of carbonyl (C=O) groups is 1. The van der Waals surface area contributed by atoms with Gasteiger partial charge in [-0.1, -0.05) is 0 Å². The van der Waals surface area contributed by atoms with Gasteiger partial charge in [-0.3, -0.25) is 0 Å². The van der Waals surface area contributed by atoms with Gasteiger partial charge < -0.3 is 18.9 Å². The van der Waals surface area contributed by atoms with Crippen molar-refractivity contribution in [2.24, 2.45) is 11.1 Å². The molecule has 8 heteroatoms. The van der Waals surface area contributed by atoms with Crippen LogP contribution >= 0.6 is 0 Å². The lowest BCUT2D eigenvalue weighted by Crippen LogP contribution is -2.45. The zero-order chi connectivity index (χ0) is 21.1. The summed E-state index contributed by atoms with van der Waals surface area (Å²) < 4.78 is 22.7. The second kappa shape index (κ2) is 8.88. The highest BCUT2D eigenvalue weighted by Gasteiger charge is 2.42. The van der Waals surface area contributed by atoms with E-state index in [-0.39, 0.29) is 11.6 Å². The van der Waals surface area contributed by atoms with Crippen LogP contribution in [-0.4, -0.2) is 44.8 Å². The van der Waals surface area contributed by atoms with E-state index in [2.05, 4.69) is 18.8 Å². The molecule has 1 aliphatic heterocycles. The molecule has 7 nitrogen and oxygen atoms in total. The molecule has 1 aromatic rings. The normalized spacial score (nSPS) is 20.1. The molecule has 158 valence electrons. The summed E-state index contributed by atoms with van der Waals surface area (Å²) in [5, 5.41) is 5.69. The molecular weight excluding hydrogens is 378 g/mol. The van der Waals surface area contributed by atoms with Crippen molar-refractivity contribution in [3.05, 3.63) is 17.7 Å². The Kier molecular flexibility index (Phi) is 7.22. The average molecular weight is 412 g/mol. The van der Waals surface area contributed by atoms with Crippen molar-refractivity contribution >= 4 is 17.5 Å². The van der Waals surface area contributed by atoms with E-state index in [4.69, 9.17) is 14.6 Å². The van der Waals surface area contributed by atoms with Crippen molar-refractivity contribution < 1.29 is 18.8 Å². The number of aryl methyl sites for hydroxylation is 1. The highest BCUT2D eigenvalue weighted by atomic mass is 32.2.